The van der Waals surface area contributed by atoms with Crippen LogP contribution in [0.2, 0.25) is 0 Å². The molecule has 0 atom stereocenters. The summed E-state index contributed by atoms with van der Waals surface area (Å²) < 4.78 is 0. The Morgan fingerprint density at radius 3 is 2.04 bits per heavy atom. The molecule has 3 rings (SSSR count). The topological polar surface area (TPSA) is 66.4 Å². The molecule has 3 aromatic rings. The van der Waals surface area contributed by atoms with Crippen LogP contribution >= 0.6 is 0 Å². The van der Waals surface area contributed by atoms with Gasteiger partial charge in [0, 0.05) is 5.56 Å². The molecule has 0 unspecified atom stereocenters. The zero-order chi connectivity index (χ0) is 18.4. The molecule has 0 aliphatic carbocycles. The van der Waals surface area contributed by atoms with Crippen LogP contribution in [-0.4, -0.2) is 17.0 Å². The Morgan fingerprint density at radius 2 is 1.38 bits per heavy atom. The smallest absolute Gasteiger partial charge is 0.352 e. The van der Waals surface area contributed by atoms with Crippen LogP contribution in [0.4, 0.5) is 0 Å². The van der Waals surface area contributed by atoms with E-state index in [1.807, 2.05) is 48.5 Å². The summed E-state index contributed by atoms with van der Waals surface area (Å²) in [7, 11) is 0. The Labute approximate surface area is 151 Å². The zero-order valence-electron chi connectivity index (χ0n) is 13.9. The fourth-order valence-electron chi connectivity index (χ4n) is 2.54. The van der Waals surface area contributed by atoms with Crippen LogP contribution in [0.5, 0.6) is 0 Å². The van der Waals surface area contributed by atoms with Crippen LogP contribution in [0, 0.1) is 0 Å². The largest absolute Gasteiger partial charge is 0.477 e. The van der Waals surface area contributed by atoms with E-state index in [9.17, 15) is 14.7 Å². The third kappa shape index (κ3) is 4.24. The molecule has 0 saturated heterocycles. The third-order valence-corrected chi connectivity index (χ3v) is 3.82. The first kappa shape index (κ1) is 17.2. The molecule has 0 bridgehead atoms. The van der Waals surface area contributed by atoms with E-state index < -0.39 is 11.9 Å². The minimum atomic E-state index is -1.20. The van der Waals surface area contributed by atoms with Crippen LogP contribution in [0.1, 0.15) is 15.9 Å². The number of carboxylic acids is 1. The van der Waals surface area contributed by atoms with Crippen molar-refractivity contribution in [1.82, 2.24) is 5.32 Å². The molecule has 128 valence electrons. The molecule has 0 saturated carbocycles. The Morgan fingerprint density at radius 1 is 0.769 bits per heavy atom. The van der Waals surface area contributed by atoms with Gasteiger partial charge in [0.25, 0.3) is 5.91 Å². The molecule has 4 heteroatoms. The fourth-order valence-corrected chi connectivity index (χ4v) is 2.54. The Bertz CT molecular complexity index is 947. The minimum Gasteiger partial charge on any atom is -0.477 e. The highest BCUT2D eigenvalue weighted by Crippen LogP contribution is 2.21. The number of carbonyl (C=O) groups is 2. The van der Waals surface area contributed by atoms with Gasteiger partial charge in [0.05, 0.1) is 0 Å². The summed E-state index contributed by atoms with van der Waals surface area (Å²) in [5.74, 6) is -1.65. The first-order valence-electron chi connectivity index (χ1n) is 8.10. The second kappa shape index (κ2) is 7.94. The third-order valence-electron chi connectivity index (χ3n) is 3.82. The van der Waals surface area contributed by atoms with Crippen molar-refractivity contribution in [3.8, 4) is 11.1 Å². The maximum atomic E-state index is 12.2. The van der Waals surface area contributed by atoms with E-state index in [-0.39, 0.29) is 5.70 Å². The number of carbonyl (C=O) groups excluding carboxylic acids is 1. The van der Waals surface area contributed by atoms with Gasteiger partial charge in [-0.15, -0.1) is 0 Å². The average molecular weight is 343 g/mol. The molecule has 0 aliphatic rings. The monoisotopic (exact) mass is 343 g/mol. The molecule has 0 heterocycles. The fraction of sp³-hybridized carbons (Fsp3) is 0. The highest BCUT2D eigenvalue weighted by molar-refractivity contribution is 6.02. The summed E-state index contributed by atoms with van der Waals surface area (Å²) in [5, 5.41) is 11.9. The highest BCUT2D eigenvalue weighted by atomic mass is 16.4. The lowest BCUT2D eigenvalue weighted by molar-refractivity contribution is -0.132. The second-order valence-corrected chi connectivity index (χ2v) is 5.67. The number of benzene rings is 3. The number of amides is 1. The number of hydrogen-bond donors (Lipinski definition) is 2. The average Bonchev–Trinajstić information content (AvgIpc) is 2.69. The van der Waals surface area contributed by atoms with Crippen molar-refractivity contribution in [3.63, 3.8) is 0 Å². The lowest BCUT2D eigenvalue weighted by Crippen LogP contribution is -2.27. The molecule has 0 radical (unpaired) electrons. The van der Waals surface area contributed by atoms with Crippen molar-refractivity contribution in [2.45, 2.75) is 0 Å². The Hall–Kier alpha value is -3.66. The molecule has 0 spiro atoms. The van der Waals surface area contributed by atoms with Gasteiger partial charge in [-0.2, -0.15) is 0 Å². The van der Waals surface area contributed by atoms with Gasteiger partial charge in [0.1, 0.15) is 5.70 Å². The van der Waals surface area contributed by atoms with Crippen molar-refractivity contribution in [2.24, 2.45) is 0 Å². The van der Waals surface area contributed by atoms with Crippen molar-refractivity contribution >= 4 is 18.0 Å². The van der Waals surface area contributed by atoms with E-state index in [4.69, 9.17) is 0 Å². The number of nitrogens with one attached hydrogen (secondary N) is 1. The molecule has 3 aromatic carbocycles. The van der Waals surface area contributed by atoms with Gasteiger partial charge < -0.3 is 10.4 Å². The van der Waals surface area contributed by atoms with Crippen molar-refractivity contribution in [3.05, 3.63) is 102 Å². The standard InChI is InChI=1S/C22H17NO3/c24-21(18-11-5-2-6-12-18)23-20(22(25)26)15-16-8-7-13-19(14-16)17-9-3-1-4-10-17/h1-15H,(H,23,24)(H,25,26)/b20-15-. The van der Waals surface area contributed by atoms with Crippen LogP contribution in [0.25, 0.3) is 17.2 Å². The number of hydrogen-bond acceptors (Lipinski definition) is 2. The quantitative estimate of drug-likeness (QED) is 0.682. The van der Waals surface area contributed by atoms with Crippen LogP contribution in [0.3, 0.4) is 0 Å². The zero-order valence-corrected chi connectivity index (χ0v) is 13.9. The molecule has 0 aromatic heterocycles. The van der Waals surface area contributed by atoms with Crippen LogP contribution < -0.4 is 5.32 Å². The van der Waals surface area contributed by atoms with Crippen molar-refractivity contribution in [2.75, 3.05) is 0 Å². The van der Waals surface area contributed by atoms with Crippen LogP contribution in [0.15, 0.2) is 90.6 Å². The van der Waals surface area contributed by atoms with Gasteiger partial charge in [0.2, 0.25) is 0 Å². The molecule has 1 amide bonds. The summed E-state index contributed by atoms with van der Waals surface area (Å²) >= 11 is 0. The molecule has 0 fully saturated rings. The van der Waals surface area contributed by atoms with Gasteiger partial charge in [-0.25, -0.2) is 4.79 Å². The molecular formula is C22H17NO3. The summed E-state index contributed by atoms with van der Waals surface area (Å²) in [4.78, 5) is 23.8. The van der Waals surface area contributed by atoms with E-state index in [1.54, 1.807) is 36.4 Å². The number of carboxylic acid groups (broad SMARTS) is 1. The van der Waals surface area contributed by atoms with Gasteiger partial charge in [0.15, 0.2) is 0 Å². The molecule has 4 nitrogen and oxygen atoms in total. The molecule has 0 aliphatic heterocycles. The van der Waals surface area contributed by atoms with Gasteiger partial charge in [-0.3, -0.25) is 4.79 Å². The van der Waals surface area contributed by atoms with Gasteiger partial charge >= 0.3 is 5.97 Å². The Balaban J connectivity index is 1.88. The van der Waals surface area contributed by atoms with E-state index in [0.717, 1.165) is 11.1 Å². The van der Waals surface area contributed by atoms with Gasteiger partial charge in [-0.1, -0.05) is 66.7 Å². The summed E-state index contributed by atoms with van der Waals surface area (Å²) in [6.07, 6.45) is 1.45. The normalized spacial score (nSPS) is 11.0. The summed E-state index contributed by atoms with van der Waals surface area (Å²) in [6, 6.07) is 25.8. The van der Waals surface area contributed by atoms with Crippen molar-refractivity contribution in [1.29, 1.82) is 0 Å². The number of aliphatic carboxylic acids is 1. The number of rotatable bonds is 5. The predicted molar refractivity (Wildman–Crippen MR) is 101 cm³/mol. The van der Waals surface area contributed by atoms with Crippen molar-refractivity contribution < 1.29 is 14.7 Å². The highest BCUT2D eigenvalue weighted by Gasteiger charge is 2.13. The second-order valence-electron chi connectivity index (χ2n) is 5.67. The predicted octanol–water partition coefficient (Wildman–Crippen LogP) is 4.21. The molecule has 2 N–H and O–H groups in total. The maximum absolute atomic E-state index is 12.2. The summed E-state index contributed by atoms with van der Waals surface area (Å²) in [5.41, 5.74) is 2.92. The van der Waals surface area contributed by atoms with Gasteiger partial charge in [-0.05, 0) is 41.0 Å². The maximum Gasteiger partial charge on any atom is 0.352 e. The molecular weight excluding hydrogens is 326 g/mol. The first-order chi connectivity index (χ1) is 12.6. The lowest BCUT2D eigenvalue weighted by atomic mass is 10.0. The van der Waals surface area contributed by atoms with E-state index >= 15 is 0 Å². The molecule has 26 heavy (non-hydrogen) atoms. The minimum absolute atomic E-state index is 0.177. The SMILES string of the molecule is O=C(O)/C(=C/c1cccc(-c2ccccc2)c1)NC(=O)c1ccccc1. The Kier molecular flexibility index (Phi) is 5.25. The van der Waals surface area contributed by atoms with Crippen LogP contribution in [-0.2, 0) is 4.79 Å². The lowest BCUT2D eigenvalue weighted by Gasteiger charge is -2.07. The summed E-state index contributed by atoms with van der Waals surface area (Å²) in [6.45, 7) is 0. The van der Waals surface area contributed by atoms with E-state index in [2.05, 4.69) is 5.32 Å². The first-order valence-corrected chi connectivity index (χ1v) is 8.10. The van der Waals surface area contributed by atoms with E-state index in [1.165, 1.54) is 6.08 Å². The van der Waals surface area contributed by atoms with E-state index in [0.29, 0.717) is 11.1 Å².